The second-order valence-electron chi connectivity index (χ2n) is 6.48. The van der Waals surface area contributed by atoms with E-state index in [9.17, 15) is 4.79 Å². The molecule has 1 saturated carbocycles. The minimum atomic E-state index is -0.0492. The Kier molecular flexibility index (Phi) is 4.48. The largest absolute Gasteiger partial charge is 0.355 e. The SMILES string of the molecule is CC1C(N)CCC(C(=O)NCCc2ncc[nH]2)C1(C)C. The topological polar surface area (TPSA) is 83.8 Å². The van der Waals surface area contributed by atoms with Gasteiger partial charge < -0.3 is 16.0 Å². The van der Waals surface area contributed by atoms with Gasteiger partial charge in [-0.25, -0.2) is 4.98 Å². The highest BCUT2D eigenvalue weighted by Crippen LogP contribution is 2.44. The number of hydrogen-bond acceptors (Lipinski definition) is 3. The zero-order valence-electron chi connectivity index (χ0n) is 12.6. The van der Waals surface area contributed by atoms with Crippen LogP contribution in [0.3, 0.4) is 0 Å². The molecule has 1 fully saturated rings. The first-order valence-electron chi connectivity index (χ1n) is 7.44. The summed E-state index contributed by atoms with van der Waals surface area (Å²) in [7, 11) is 0. The fraction of sp³-hybridized carbons (Fsp3) is 0.733. The fourth-order valence-corrected chi connectivity index (χ4v) is 3.18. The first-order valence-corrected chi connectivity index (χ1v) is 7.44. The molecule has 0 bridgehead atoms. The molecule has 1 amide bonds. The quantitative estimate of drug-likeness (QED) is 0.780. The van der Waals surface area contributed by atoms with Gasteiger partial charge >= 0.3 is 0 Å². The maximum atomic E-state index is 12.4. The number of amides is 1. The van der Waals surface area contributed by atoms with Crippen molar-refractivity contribution in [3.05, 3.63) is 18.2 Å². The van der Waals surface area contributed by atoms with Gasteiger partial charge in [-0.2, -0.15) is 0 Å². The molecule has 1 aromatic heterocycles. The average molecular weight is 278 g/mol. The standard InChI is InChI=1S/C15H26N4O/c1-10-12(16)5-4-11(15(10,2)3)14(20)19-7-6-13-17-8-9-18-13/h8-12H,4-7,16H2,1-3H3,(H,17,18)(H,19,20). The number of nitrogens with one attached hydrogen (secondary N) is 2. The number of aromatic nitrogens is 2. The summed E-state index contributed by atoms with van der Waals surface area (Å²) in [6.45, 7) is 7.10. The van der Waals surface area contributed by atoms with E-state index in [1.807, 2.05) is 0 Å². The van der Waals surface area contributed by atoms with Crippen LogP contribution in [0.4, 0.5) is 0 Å². The zero-order chi connectivity index (χ0) is 14.8. The summed E-state index contributed by atoms with van der Waals surface area (Å²) in [5, 5.41) is 3.04. The molecule has 1 aliphatic carbocycles. The number of hydrogen-bond donors (Lipinski definition) is 3. The molecular formula is C15H26N4O. The second kappa shape index (κ2) is 5.95. The fourth-order valence-electron chi connectivity index (χ4n) is 3.18. The highest BCUT2D eigenvalue weighted by Gasteiger charge is 2.44. The van der Waals surface area contributed by atoms with Crippen molar-refractivity contribution in [1.29, 1.82) is 0 Å². The van der Waals surface area contributed by atoms with Gasteiger partial charge in [0.2, 0.25) is 5.91 Å². The van der Waals surface area contributed by atoms with Crippen LogP contribution in [0.15, 0.2) is 12.4 Å². The summed E-state index contributed by atoms with van der Waals surface area (Å²) >= 11 is 0. The summed E-state index contributed by atoms with van der Waals surface area (Å²) in [5.74, 6) is 1.47. The Morgan fingerprint density at radius 3 is 2.95 bits per heavy atom. The maximum absolute atomic E-state index is 12.4. The van der Waals surface area contributed by atoms with Crippen LogP contribution in [0.2, 0.25) is 0 Å². The zero-order valence-corrected chi connectivity index (χ0v) is 12.6. The molecule has 0 aliphatic heterocycles. The van der Waals surface area contributed by atoms with Gasteiger partial charge in [0.1, 0.15) is 5.82 Å². The molecule has 20 heavy (non-hydrogen) atoms. The normalized spacial score (nSPS) is 29.1. The lowest BCUT2D eigenvalue weighted by Crippen LogP contribution is -2.51. The van der Waals surface area contributed by atoms with E-state index >= 15 is 0 Å². The summed E-state index contributed by atoms with van der Waals surface area (Å²) in [6, 6.07) is 0.206. The predicted molar refractivity (Wildman–Crippen MR) is 78.9 cm³/mol. The minimum absolute atomic E-state index is 0.0492. The molecule has 2 rings (SSSR count). The number of H-pyrrole nitrogens is 1. The van der Waals surface area contributed by atoms with Crippen molar-refractivity contribution in [2.45, 2.75) is 46.1 Å². The van der Waals surface area contributed by atoms with Gasteiger partial charge in [-0.15, -0.1) is 0 Å². The Bertz CT molecular complexity index is 441. The predicted octanol–water partition coefficient (Wildman–Crippen LogP) is 1.47. The number of imidazole rings is 1. The number of nitrogens with zero attached hydrogens (tertiary/aromatic N) is 1. The van der Waals surface area contributed by atoms with E-state index < -0.39 is 0 Å². The van der Waals surface area contributed by atoms with Crippen molar-refractivity contribution in [2.75, 3.05) is 6.54 Å². The minimum Gasteiger partial charge on any atom is -0.355 e. The smallest absolute Gasteiger partial charge is 0.223 e. The third-order valence-corrected chi connectivity index (χ3v) is 5.03. The van der Waals surface area contributed by atoms with E-state index in [1.54, 1.807) is 12.4 Å². The van der Waals surface area contributed by atoms with Gasteiger partial charge in [-0.3, -0.25) is 4.79 Å². The maximum Gasteiger partial charge on any atom is 0.223 e. The van der Waals surface area contributed by atoms with Crippen molar-refractivity contribution in [3.63, 3.8) is 0 Å². The van der Waals surface area contributed by atoms with E-state index in [-0.39, 0.29) is 23.3 Å². The van der Waals surface area contributed by atoms with Crippen molar-refractivity contribution in [2.24, 2.45) is 23.0 Å². The van der Waals surface area contributed by atoms with Crippen LogP contribution < -0.4 is 11.1 Å². The molecule has 4 N–H and O–H groups in total. The van der Waals surface area contributed by atoms with Crippen LogP contribution in [0, 0.1) is 17.3 Å². The van der Waals surface area contributed by atoms with Crippen molar-refractivity contribution < 1.29 is 4.79 Å². The number of nitrogens with two attached hydrogens (primary N) is 1. The molecule has 1 aromatic rings. The lowest BCUT2D eigenvalue weighted by atomic mass is 9.61. The molecule has 0 radical (unpaired) electrons. The Labute approximate surface area is 120 Å². The molecule has 3 unspecified atom stereocenters. The van der Waals surface area contributed by atoms with Crippen LogP contribution in [-0.4, -0.2) is 28.5 Å². The van der Waals surface area contributed by atoms with E-state index in [1.165, 1.54) is 0 Å². The Morgan fingerprint density at radius 2 is 2.30 bits per heavy atom. The molecule has 0 saturated heterocycles. The van der Waals surface area contributed by atoms with Crippen molar-refractivity contribution in [1.82, 2.24) is 15.3 Å². The third kappa shape index (κ3) is 3.03. The van der Waals surface area contributed by atoms with Crippen molar-refractivity contribution in [3.8, 4) is 0 Å². The number of carbonyl (C=O) groups excluding carboxylic acids is 1. The van der Waals surface area contributed by atoms with Crippen LogP contribution in [0.5, 0.6) is 0 Å². The van der Waals surface area contributed by atoms with Gasteiger partial charge in [-0.1, -0.05) is 20.8 Å². The van der Waals surface area contributed by atoms with Gasteiger partial charge in [0, 0.05) is 37.3 Å². The van der Waals surface area contributed by atoms with E-state index in [0.717, 1.165) is 25.1 Å². The molecule has 0 aromatic carbocycles. The molecule has 5 heteroatoms. The number of carbonyl (C=O) groups is 1. The first-order chi connectivity index (χ1) is 9.43. The highest BCUT2D eigenvalue weighted by atomic mass is 16.1. The summed E-state index contributed by atoms with van der Waals surface area (Å²) in [6.07, 6.45) is 6.07. The molecule has 112 valence electrons. The van der Waals surface area contributed by atoms with Crippen LogP contribution in [0.1, 0.15) is 39.4 Å². The average Bonchev–Trinajstić information content (AvgIpc) is 2.89. The molecule has 5 nitrogen and oxygen atoms in total. The van der Waals surface area contributed by atoms with Crippen molar-refractivity contribution >= 4 is 5.91 Å². The number of rotatable bonds is 4. The molecule has 0 spiro atoms. The number of aromatic amines is 1. The van der Waals surface area contributed by atoms with Crippen LogP contribution >= 0.6 is 0 Å². The van der Waals surface area contributed by atoms with Crippen LogP contribution in [-0.2, 0) is 11.2 Å². The molecule has 1 heterocycles. The highest BCUT2D eigenvalue weighted by molar-refractivity contribution is 5.79. The molecule has 1 aliphatic rings. The second-order valence-corrected chi connectivity index (χ2v) is 6.48. The van der Waals surface area contributed by atoms with Gasteiger partial charge in [0.05, 0.1) is 0 Å². The van der Waals surface area contributed by atoms with E-state index in [4.69, 9.17) is 5.73 Å². The monoisotopic (exact) mass is 278 g/mol. The Morgan fingerprint density at radius 1 is 1.55 bits per heavy atom. The lowest BCUT2D eigenvalue weighted by molar-refractivity contribution is -0.132. The van der Waals surface area contributed by atoms with Crippen LogP contribution in [0.25, 0.3) is 0 Å². The summed E-state index contributed by atoms with van der Waals surface area (Å²) in [4.78, 5) is 19.6. The van der Waals surface area contributed by atoms with E-state index in [2.05, 4.69) is 36.1 Å². The van der Waals surface area contributed by atoms with E-state index in [0.29, 0.717) is 12.5 Å². The van der Waals surface area contributed by atoms with Gasteiger partial charge in [0.25, 0.3) is 0 Å². The summed E-state index contributed by atoms with van der Waals surface area (Å²) in [5.41, 5.74) is 6.09. The first kappa shape index (κ1) is 15.0. The lowest BCUT2D eigenvalue weighted by Gasteiger charge is -2.46. The molecule has 3 atom stereocenters. The van der Waals surface area contributed by atoms with Gasteiger partial charge in [-0.05, 0) is 24.2 Å². The molecular weight excluding hydrogens is 252 g/mol. The third-order valence-electron chi connectivity index (χ3n) is 5.03. The Balaban J connectivity index is 1.88. The van der Waals surface area contributed by atoms with Gasteiger partial charge in [0.15, 0.2) is 0 Å². The Hall–Kier alpha value is -1.36. The summed E-state index contributed by atoms with van der Waals surface area (Å²) < 4.78 is 0.